The number of aryl methyl sites for hydroxylation is 2. The fourth-order valence-corrected chi connectivity index (χ4v) is 5.62. The zero-order chi connectivity index (χ0) is 25.3. The lowest BCUT2D eigenvalue weighted by Gasteiger charge is -2.36. The Labute approximate surface area is 204 Å². The van der Waals surface area contributed by atoms with Crippen LogP contribution in [0.2, 0.25) is 0 Å². The van der Waals surface area contributed by atoms with Gasteiger partial charge in [-0.25, -0.2) is 17.2 Å². The number of benzene rings is 3. The molecule has 0 saturated carbocycles. The summed E-state index contributed by atoms with van der Waals surface area (Å²) in [5.74, 6) is -2.07. The fraction of sp³-hybridized carbons (Fsp3) is 0.269. The molecular weight excluding hydrogens is 472 g/mol. The van der Waals surface area contributed by atoms with Crippen LogP contribution in [0.4, 0.5) is 20.2 Å². The predicted molar refractivity (Wildman–Crippen MR) is 132 cm³/mol. The van der Waals surface area contributed by atoms with E-state index in [2.05, 4.69) is 10.2 Å². The lowest BCUT2D eigenvalue weighted by atomic mass is 10.1. The van der Waals surface area contributed by atoms with E-state index >= 15 is 0 Å². The third-order valence-electron chi connectivity index (χ3n) is 6.40. The Morgan fingerprint density at radius 2 is 1.57 bits per heavy atom. The second-order valence-corrected chi connectivity index (χ2v) is 10.6. The van der Waals surface area contributed by atoms with Gasteiger partial charge >= 0.3 is 0 Å². The molecule has 0 aromatic heterocycles. The first-order valence-corrected chi connectivity index (χ1v) is 12.7. The molecule has 0 bridgehead atoms. The summed E-state index contributed by atoms with van der Waals surface area (Å²) in [4.78, 5) is 14.2. The molecule has 1 amide bonds. The maximum atomic E-state index is 14.6. The fourth-order valence-electron chi connectivity index (χ4n) is 4.10. The van der Waals surface area contributed by atoms with Gasteiger partial charge in [0.05, 0.1) is 0 Å². The summed E-state index contributed by atoms with van der Waals surface area (Å²) in [6, 6.07) is 13.4. The summed E-state index contributed by atoms with van der Waals surface area (Å²) in [6.45, 7) is 6.96. The van der Waals surface area contributed by atoms with Crippen LogP contribution in [0, 0.1) is 32.4 Å². The van der Waals surface area contributed by atoms with Crippen molar-refractivity contribution in [2.75, 3.05) is 36.4 Å². The summed E-state index contributed by atoms with van der Waals surface area (Å²) in [6.07, 6.45) is 0. The van der Waals surface area contributed by atoms with Crippen molar-refractivity contribution in [3.8, 4) is 0 Å². The van der Waals surface area contributed by atoms with Gasteiger partial charge in [-0.3, -0.25) is 4.79 Å². The molecule has 3 aromatic rings. The quantitative estimate of drug-likeness (QED) is 0.555. The van der Waals surface area contributed by atoms with Crippen LogP contribution in [-0.4, -0.2) is 44.8 Å². The molecular formula is C26H27F2N3O3S. The number of sulfonamides is 1. The van der Waals surface area contributed by atoms with Crippen molar-refractivity contribution < 1.29 is 22.0 Å². The topological polar surface area (TPSA) is 69.7 Å². The first-order chi connectivity index (χ1) is 16.6. The van der Waals surface area contributed by atoms with Crippen molar-refractivity contribution in [2.24, 2.45) is 0 Å². The van der Waals surface area contributed by atoms with Gasteiger partial charge in [-0.1, -0.05) is 18.2 Å². The molecule has 0 radical (unpaired) electrons. The molecule has 1 aliphatic rings. The molecule has 3 aromatic carbocycles. The van der Waals surface area contributed by atoms with Crippen molar-refractivity contribution >= 4 is 27.3 Å². The minimum atomic E-state index is -4.17. The van der Waals surface area contributed by atoms with Crippen LogP contribution in [0.15, 0.2) is 59.5 Å². The van der Waals surface area contributed by atoms with Gasteiger partial charge in [-0.2, -0.15) is 4.31 Å². The molecule has 1 heterocycles. The van der Waals surface area contributed by atoms with Crippen LogP contribution in [0.5, 0.6) is 0 Å². The van der Waals surface area contributed by atoms with E-state index < -0.39 is 32.5 Å². The highest BCUT2D eigenvalue weighted by atomic mass is 32.2. The molecule has 6 nitrogen and oxygen atoms in total. The monoisotopic (exact) mass is 499 g/mol. The third kappa shape index (κ3) is 5.06. The number of nitrogens with one attached hydrogen (secondary N) is 1. The van der Waals surface area contributed by atoms with Crippen LogP contribution in [0.25, 0.3) is 0 Å². The molecule has 9 heteroatoms. The van der Waals surface area contributed by atoms with Crippen molar-refractivity contribution in [3.63, 3.8) is 0 Å². The van der Waals surface area contributed by atoms with Gasteiger partial charge in [0, 0.05) is 43.1 Å². The summed E-state index contributed by atoms with van der Waals surface area (Å²) >= 11 is 0. The second-order valence-electron chi connectivity index (χ2n) is 8.67. The zero-order valence-corrected chi connectivity index (χ0v) is 20.6. The van der Waals surface area contributed by atoms with E-state index in [0.717, 1.165) is 28.9 Å². The average Bonchev–Trinajstić information content (AvgIpc) is 2.83. The third-order valence-corrected chi connectivity index (χ3v) is 8.31. The number of nitrogens with zero attached hydrogens (tertiary/aromatic N) is 2. The number of carbonyl (C=O) groups is 1. The number of anilines is 2. The van der Waals surface area contributed by atoms with Crippen LogP contribution >= 0.6 is 0 Å². The molecule has 0 atom stereocenters. The Morgan fingerprint density at radius 3 is 2.26 bits per heavy atom. The van der Waals surface area contributed by atoms with Gasteiger partial charge in [0.2, 0.25) is 10.0 Å². The maximum Gasteiger partial charge on any atom is 0.255 e. The van der Waals surface area contributed by atoms with E-state index in [-0.39, 0.29) is 24.3 Å². The van der Waals surface area contributed by atoms with Crippen molar-refractivity contribution in [3.05, 3.63) is 88.5 Å². The summed E-state index contributed by atoms with van der Waals surface area (Å²) in [7, 11) is -4.17. The van der Waals surface area contributed by atoms with Gasteiger partial charge in [-0.05, 0) is 73.9 Å². The van der Waals surface area contributed by atoms with Gasteiger partial charge < -0.3 is 10.2 Å². The van der Waals surface area contributed by atoms with Crippen LogP contribution < -0.4 is 10.2 Å². The van der Waals surface area contributed by atoms with Crippen LogP contribution in [0.3, 0.4) is 0 Å². The minimum absolute atomic E-state index is 0.0417. The smallest absolute Gasteiger partial charge is 0.255 e. The average molecular weight is 500 g/mol. The molecule has 0 aliphatic carbocycles. The molecule has 1 saturated heterocycles. The van der Waals surface area contributed by atoms with Gasteiger partial charge in [0.25, 0.3) is 5.91 Å². The van der Waals surface area contributed by atoms with E-state index in [9.17, 15) is 22.0 Å². The first-order valence-electron chi connectivity index (χ1n) is 11.3. The van der Waals surface area contributed by atoms with E-state index in [1.54, 1.807) is 6.92 Å². The van der Waals surface area contributed by atoms with Crippen molar-refractivity contribution in [1.82, 2.24) is 4.31 Å². The molecule has 184 valence electrons. The van der Waals surface area contributed by atoms with E-state index in [1.165, 1.54) is 28.6 Å². The lowest BCUT2D eigenvalue weighted by Crippen LogP contribution is -2.49. The summed E-state index contributed by atoms with van der Waals surface area (Å²) < 4.78 is 56.2. The molecule has 1 fully saturated rings. The number of amides is 1. The van der Waals surface area contributed by atoms with Crippen LogP contribution in [-0.2, 0) is 10.0 Å². The highest BCUT2D eigenvalue weighted by Gasteiger charge is 2.31. The normalized spacial score (nSPS) is 14.7. The number of carbonyl (C=O) groups excluding carboxylic acids is 1. The highest BCUT2D eigenvalue weighted by molar-refractivity contribution is 7.89. The number of hydrogen-bond acceptors (Lipinski definition) is 4. The Bertz CT molecular complexity index is 1380. The number of piperazine rings is 1. The first kappa shape index (κ1) is 24.8. The minimum Gasteiger partial charge on any atom is -0.369 e. The highest BCUT2D eigenvalue weighted by Crippen LogP contribution is 2.27. The molecule has 4 rings (SSSR count). The largest absolute Gasteiger partial charge is 0.369 e. The standard InChI is InChI=1S/C26H27F2N3O3S/c1-17-5-4-6-24(19(17)3)30-11-13-31(14-12-30)35(33,34)25-15-20(8-10-22(25)27)26(32)29-21-9-7-18(2)23(28)16-21/h4-10,15-16H,11-14H2,1-3H3,(H,29,32). The Hall–Kier alpha value is -3.30. The SMILES string of the molecule is Cc1ccc(NC(=O)c2ccc(F)c(S(=O)(=O)N3CCN(c4cccc(C)c4C)CC3)c2)cc1F. The number of halogens is 2. The lowest BCUT2D eigenvalue weighted by molar-refractivity contribution is 0.102. The Kier molecular flexibility index (Phi) is 6.91. The molecule has 1 N–H and O–H groups in total. The summed E-state index contributed by atoms with van der Waals surface area (Å²) in [5, 5.41) is 2.52. The number of rotatable bonds is 5. The number of hydrogen-bond donors (Lipinski definition) is 1. The van der Waals surface area contributed by atoms with E-state index in [1.807, 2.05) is 32.0 Å². The molecule has 0 spiro atoms. The predicted octanol–water partition coefficient (Wildman–Crippen LogP) is 4.65. The maximum absolute atomic E-state index is 14.6. The second kappa shape index (κ2) is 9.75. The summed E-state index contributed by atoms with van der Waals surface area (Å²) in [5.41, 5.74) is 3.95. The molecule has 0 unspecified atom stereocenters. The Balaban J connectivity index is 1.52. The van der Waals surface area contributed by atoms with Crippen molar-refractivity contribution in [1.29, 1.82) is 0 Å². The van der Waals surface area contributed by atoms with Gasteiger partial charge in [-0.15, -0.1) is 0 Å². The van der Waals surface area contributed by atoms with Gasteiger partial charge in [0.15, 0.2) is 0 Å². The molecule has 35 heavy (non-hydrogen) atoms. The molecule has 1 aliphatic heterocycles. The van der Waals surface area contributed by atoms with Gasteiger partial charge in [0.1, 0.15) is 16.5 Å². The Morgan fingerprint density at radius 1 is 0.857 bits per heavy atom. The van der Waals surface area contributed by atoms with Crippen molar-refractivity contribution in [2.45, 2.75) is 25.7 Å². The van der Waals surface area contributed by atoms with Crippen LogP contribution in [0.1, 0.15) is 27.0 Å². The van der Waals surface area contributed by atoms with E-state index in [4.69, 9.17) is 0 Å². The zero-order valence-electron chi connectivity index (χ0n) is 19.8. The van der Waals surface area contributed by atoms with E-state index in [0.29, 0.717) is 18.7 Å².